The highest BCUT2D eigenvalue weighted by atomic mass is 16.5. The maximum atomic E-state index is 11.8. The molecule has 0 radical (unpaired) electrons. The molecule has 104 valence electrons. The van der Waals surface area contributed by atoms with Crippen LogP contribution >= 0.6 is 0 Å². The number of methoxy groups -OCH3 is 1. The lowest BCUT2D eigenvalue weighted by molar-refractivity contribution is -0.141. The molecule has 0 unspecified atom stereocenters. The molecule has 6 nitrogen and oxygen atoms in total. The van der Waals surface area contributed by atoms with Crippen molar-refractivity contribution in [3.8, 4) is 0 Å². The van der Waals surface area contributed by atoms with Gasteiger partial charge in [-0.25, -0.2) is 0 Å². The molecule has 0 aromatic carbocycles. The van der Waals surface area contributed by atoms with E-state index in [2.05, 4.69) is 5.32 Å². The zero-order valence-electron chi connectivity index (χ0n) is 11.4. The van der Waals surface area contributed by atoms with Crippen LogP contribution in [-0.2, 0) is 14.3 Å². The van der Waals surface area contributed by atoms with Crippen molar-refractivity contribution in [1.29, 1.82) is 0 Å². The molecule has 0 spiro atoms. The van der Waals surface area contributed by atoms with Crippen molar-refractivity contribution in [1.82, 2.24) is 15.1 Å². The number of nitrogens with one attached hydrogen (secondary N) is 1. The van der Waals surface area contributed by atoms with Gasteiger partial charge in [0.2, 0.25) is 11.8 Å². The van der Waals surface area contributed by atoms with E-state index in [9.17, 15) is 9.59 Å². The molecule has 1 fully saturated rings. The summed E-state index contributed by atoms with van der Waals surface area (Å²) >= 11 is 0. The average molecular weight is 257 g/mol. The van der Waals surface area contributed by atoms with E-state index < -0.39 is 0 Å². The summed E-state index contributed by atoms with van der Waals surface area (Å²) in [5, 5.41) is 3.11. The lowest BCUT2D eigenvalue weighted by Crippen LogP contribution is -2.53. The zero-order valence-corrected chi connectivity index (χ0v) is 11.4. The summed E-state index contributed by atoms with van der Waals surface area (Å²) in [6, 6.07) is 0.304. The smallest absolute Gasteiger partial charge is 0.248 e. The Labute approximate surface area is 108 Å². The van der Waals surface area contributed by atoms with Gasteiger partial charge in [-0.3, -0.25) is 9.59 Å². The van der Waals surface area contributed by atoms with Crippen LogP contribution in [0.5, 0.6) is 0 Å². The monoisotopic (exact) mass is 257 g/mol. The van der Waals surface area contributed by atoms with E-state index in [4.69, 9.17) is 4.74 Å². The molecule has 0 aromatic rings. The summed E-state index contributed by atoms with van der Waals surface area (Å²) in [7, 11) is 1.51. The molecule has 18 heavy (non-hydrogen) atoms. The van der Waals surface area contributed by atoms with Crippen LogP contribution in [0.2, 0.25) is 0 Å². The van der Waals surface area contributed by atoms with Crippen LogP contribution < -0.4 is 5.32 Å². The second kappa shape index (κ2) is 7.33. The van der Waals surface area contributed by atoms with Crippen LogP contribution in [0.4, 0.5) is 0 Å². The van der Waals surface area contributed by atoms with Crippen molar-refractivity contribution < 1.29 is 14.3 Å². The Morgan fingerprint density at radius 2 is 1.61 bits per heavy atom. The van der Waals surface area contributed by atoms with Crippen LogP contribution in [0.3, 0.4) is 0 Å². The van der Waals surface area contributed by atoms with Crippen molar-refractivity contribution in [2.24, 2.45) is 0 Å². The molecule has 1 heterocycles. The first kappa shape index (κ1) is 14.9. The SMILES string of the molecule is COCC(=O)N1CCN(C(=O)CNC(C)C)CC1. The Morgan fingerprint density at radius 3 is 2.06 bits per heavy atom. The molecule has 1 aliphatic rings. The van der Waals surface area contributed by atoms with Crippen molar-refractivity contribution in [3.63, 3.8) is 0 Å². The van der Waals surface area contributed by atoms with Crippen molar-refractivity contribution in [2.45, 2.75) is 19.9 Å². The van der Waals surface area contributed by atoms with Crippen LogP contribution in [0, 0.1) is 0 Å². The Kier molecular flexibility index (Phi) is 6.07. The van der Waals surface area contributed by atoms with Crippen LogP contribution in [0.1, 0.15) is 13.8 Å². The minimum absolute atomic E-state index is 0.00935. The van der Waals surface area contributed by atoms with E-state index in [1.165, 1.54) is 7.11 Å². The summed E-state index contributed by atoms with van der Waals surface area (Å²) in [5.41, 5.74) is 0. The van der Waals surface area contributed by atoms with Crippen molar-refractivity contribution in [2.75, 3.05) is 46.4 Å². The van der Waals surface area contributed by atoms with Crippen molar-refractivity contribution >= 4 is 11.8 Å². The first-order valence-corrected chi connectivity index (χ1v) is 6.32. The van der Waals surface area contributed by atoms with E-state index in [1.54, 1.807) is 9.80 Å². The number of carbonyl (C=O) groups excluding carboxylic acids is 2. The highest BCUT2D eigenvalue weighted by Crippen LogP contribution is 2.02. The van der Waals surface area contributed by atoms with Crippen LogP contribution in [0.25, 0.3) is 0 Å². The summed E-state index contributed by atoms with van der Waals surface area (Å²) in [4.78, 5) is 27.0. The third-order valence-electron chi connectivity index (χ3n) is 2.91. The number of rotatable bonds is 5. The van der Waals surface area contributed by atoms with Gasteiger partial charge < -0.3 is 19.9 Å². The molecule has 1 N–H and O–H groups in total. The first-order valence-electron chi connectivity index (χ1n) is 6.32. The molecule has 0 bridgehead atoms. The molecular formula is C12H23N3O3. The highest BCUT2D eigenvalue weighted by molar-refractivity contribution is 5.80. The summed E-state index contributed by atoms with van der Waals surface area (Å²) < 4.78 is 4.81. The van der Waals surface area contributed by atoms with Gasteiger partial charge in [0.05, 0.1) is 6.54 Å². The van der Waals surface area contributed by atoms with Gasteiger partial charge in [0.25, 0.3) is 0 Å². The molecule has 2 amide bonds. The first-order chi connectivity index (χ1) is 8.54. The topological polar surface area (TPSA) is 61.9 Å². The molecule has 1 rings (SSSR count). The standard InChI is InChI=1S/C12H23N3O3/c1-10(2)13-8-11(16)14-4-6-15(7-5-14)12(17)9-18-3/h10,13H,4-9H2,1-3H3. The zero-order chi connectivity index (χ0) is 13.5. The second-order valence-electron chi connectivity index (χ2n) is 4.73. The Balaban J connectivity index is 2.30. The quantitative estimate of drug-likeness (QED) is 0.707. The lowest BCUT2D eigenvalue weighted by atomic mass is 10.3. The van der Waals surface area contributed by atoms with Gasteiger partial charge in [-0.15, -0.1) is 0 Å². The molecule has 0 atom stereocenters. The summed E-state index contributed by atoms with van der Waals surface area (Å²) in [6.45, 7) is 6.89. The van der Waals surface area contributed by atoms with Gasteiger partial charge in [-0.05, 0) is 0 Å². The number of hydrogen-bond acceptors (Lipinski definition) is 4. The fraction of sp³-hybridized carbons (Fsp3) is 0.833. The number of amides is 2. The third kappa shape index (κ3) is 4.62. The fourth-order valence-corrected chi connectivity index (χ4v) is 1.82. The van der Waals surface area contributed by atoms with Gasteiger partial charge in [0.15, 0.2) is 0 Å². The average Bonchev–Trinajstić information content (AvgIpc) is 2.36. The van der Waals surface area contributed by atoms with E-state index >= 15 is 0 Å². The van der Waals surface area contributed by atoms with E-state index in [-0.39, 0.29) is 18.4 Å². The predicted octanol–water partition coefficient (Wildman–Crippen LogP) is -0.698. The van der Waals surface area contributed by atoms with E-state index in [0.717, 1.165) is 0 Å². The lowest BCUT2D eigenvalue weighted by Gasteiger charge is -2.34. The molecular weight excluding hydrogens is 234 g/mol. The second-order valence-corrected chi connectivity index (χ2v) is 4.73. The normalized spacial score (nSPS) is 16.2. The maximum Gasteiger partial charge on any atom is 0.248 e. The van der Waals surface area contributed by atoms with Gasteiger partial charge >= 0.3 is 0 Å². The maximum absolute atomic E-state index is 11.8. The number of piperazine rings is 1. The van der Waals surface area contributed by atoms with E-state index in [0.29, 0.717) is 38.8 Å². The number of nitrogens with zero attached hydrogens (tertiary/aromatic N) is 2. The predicted molar refractivity (Wildman–Crippen MR) is 68.2 cm³/mol. The third-order valence-corrected chi connectivity index (χ3v) is 2.91. The molecule has 1 saturated heterocycles. The van der Waals surface area contributed by atoms with Gasteiger partial charge in [-0.1, -0.05) is 13.8 Å². The summed E-state index contributed by atoms with van der Waals surface area (Å²) in [6.07, 6.45) is 0. The van der Waals surface area contributed by atoms with Gasteiger partial charge in [-0.2, -0.15) is 0 Å². The highest BCUT2D eigenvalue weighted by Gasteiger charge is 2.23. The van der Waals surface area contributed by atoms with Crippen LogP contribution in [0.15, 0.2) is 0 Å². The molecule has 0 saturated carbocycles. The Morgan fingerprint density at radius 1 is 1.11 bits per heavy atom. The molecule has 6 heteroatoms. The Bertz CT molecular complexity index is 286. The van der Waals surface area contributed by atoms with E-state index in [1.807, 2.05) is 13.8 Å². The van der Waals surface area contributed by atoms with Gasteiger partial charge in [0, 0.05) is 39.3 Å². The molecule has 0 aromatic heterocycles. The largest absolute Gasteiger partial charge is 0.375 e. The Hall–Kier alpha value is -1.14. The van der Waals surface area contributed by atoms with Crippen molar-refractivity contribution in [3.05, 3.63) is 0 Å². The minimum Gasteiger partial charge on any atom is -0.375 e. The minimum atomic E-state index is -0.00935. The number of carbonyl (C=O) groups is 2. The fourth-order valence-electron chi connectivity index (χ4n) is 1.82. The van der Waals surface area contributed by atoms with Gasteiger partial charge in [0.1, 0.15) is 6.61 Å². The molecule has 0 aliphatic carbocycles. The summed E-state index contributed by atoms with van der Waals surface area (Å²) in [5.74, 6) is 0.0902. The number of ether oxygens (including phenoxy) is 1. The number of hydrogen-bond donors (Lipinski definition) is 1. The van der Waals surface area contributed by atoms with Crippen LogP contribution in [-0.4, -0.2) is 74.1 Å². The molecule has 1 aliphatic heterocycles.